The lowest BCUT2D eigenvalue weighted by atomic mass is 9.72. The quantitative estimate of drug-likeness (QED) is 0.152. The number of unbranched alkanes of at least 4 members (excludes halogenated alkanes) is 14. The zero-order chi connectivity index (χ0) is 21.1. The minimum Gasteiger partial charge on any atom is -0.469 e. The first-order valence-electron chi connectivity index (χ1n) is 12.6. The molecule has 0 rings (SSSR count). The van der Waals surface area contributed by atoms with Crippen molar-refractivity contribution in [2.75, 3.05) is 7.11 Å². The molecule has 0 aromatic carbocycles. The van der Waals surface area contributed by atoms with Gasteiger partial charge in [0, 0.05) is 0 Å². The first-order valence-corrected chi connectivity index (χ1v) is 12.6. The molecule has 28 heavy (non-hydrogen) atoms. The van der Waals surface area contributed by atoms with E-state index < -0.39 is 0 Å². The van der Waals surface area contributed by atoms with Crippen LogP contribution in [0.1, 0.15) is 143 Å². The second-order valence-electron chi connectivity index (χ2n) is 9.55. The maximum absolute atomic E-state index is 12.4. The number of carbonyl (C=O) groups excluding carboxylic acids is 1. The maximum atomic E-state index is 12.4. The van der Waals surface area contributed by atoms with Crippen LogP contribution in [0.3, 0.4) is 0 Å². The Kier molecular flexibility index (Phi) is 18.1. The van der Waals surface area contributed by atoms with Crippen molar-refractivity contribution in [2.45, 2.75) is 143 Å². The molecule has 0 aromatic heterocycles. The summed E-state index contributed by atoms with van der Waals surface area (Å²) in [5.41, 5.74) is 0.0520. The van der Waals surface area contributed by atoms with Crippen molar-refractivity contribution in [2.24, 2.45) is 11.3 Å². The highest BCUT2D eigenvalue weighted by molar-refractivity contribution is 5.73. The van der Waals surface area contributed by atoms with Gasteiger partial charge in [-0.2, -0.15) is 0 Å². The summed E-state index contributed by atoms with van der Waals surface area (Å²) in [6, 6.07) is 0. The molecule has 0 aliphatic carbocycles. The summed E-state index contributed by atoms with van der Waals surface area (Å²) < 4.78 is 5.16. The summed E-state index contributed by atoms with van der Waals surface area (Å²) in [6.07, 6.45) is 23.4. The Morgan fingerprint density at radius 2 is 1.07 bits per heavy atom. The van der Waals surface area contributed by atoms with E-state index >= 15 is 0 Å². The molecule has 0 bridgehead atoms. The van der Waals surface area contributed by atoms with Gasteiger partial charge in [0.15, 0.2) is 0 Å². The number of methoxy groups -OCH3 is 1. The van der Waals surface area contributed by atoms with Gasteiger partial charge in [0.05, 0.1) is 13.0 Å². The highest BCUT2D eigenvalue weighted by atomic mass is 16.5. The van der Waals surface area contributed by atoms with Crippen molar-refractivity contribution in [1.29, 1.82) is 0 Å². The van der Waals surface area contributed by atoms with Gasteiger partial charge in [-0.3, -0.25) is 4.79 Å². The van der Waals surface area contributed by atoms with Crippen LogP contribution in [0.4, 0.5) is 0 Å². The van der Waals surface area contributed by atoms with Gasteiger partial charge >= 0.3 is 5.97 Å². The number of ether oxygens (including phenoxy) is 1. The Labute approximate surface area is 177 Å². The van der Waals surface area contributed by atoms with E-state index in [1.807, 2.05) is 0 Å². The van der Waals surface area contributed by atoms with E-state index in [0.29, 0.717) is 0 Å². The van der Waals surface area contributed by atoms with E-state index in [9.17, 15) is 4.79 Å². The number of esters is 1. The van der Waals surface area contributed by atoms with E-state index in [-0.39, 0.29) is 17.3 Å². The monoisotopic (exact) mass is 396 g/mol. The molecular weight excluding hydrogens is 344 g/mol. The molecule has 0 saturated carbocycles. The molecule has 2 heteroatoms. The van der Waals surface area contributed by atoms with Crippen molar-refractivity contribution < 1.29 is 9.53 Å². The molecule has 0 fully saturated rings. The summed E-state index contributed by atoms with van der Waals surface area (Å²) in [7, 11) is 1.55. The molecule has 0 saturated heterocycles. The fraction of sp³-hybridized carbons (Fsp3) is 0.962. The van der Waals surface area contributed by atoms with Gasteiger partial charge in [-0.25, -0.2) is 0 Å². The third-order valence-electron chi connectivity index (χ3n) is 6.45. The normalized spacial score (nSPS) is 12.9. The lowest BCUT2D eigenvalue weighted by molar-refractivity contribution is -0.150. The molecule has 0 radical (unpaired) electrons. The minimum absolute atomic E-state index is 0.00696. The molecule has 0 aliphatic rings. The molecule has 0 aliphatic heterocycles. The molecule has 0 heterocycles. The van der Waals surface area contributed by atoms with Crippen molar-refractivity contribution in [3.63, 3.8) is 0 Å². The average Bonchev–Trinajstić information content (AvgIpc) is 2.68. The Hall–Kier alpha value is -0.530. The molecular formula is C26H52O2. The van der Waals surface area contributed by atoms with Crippen molar-refractivity contribution in [1.82, 2.24) is 0 Å². The van der Waals surface area contributed by atoms with Crippen molar-refractivity contribution in [3.05, 3.63) is 0 Å². The first kappa shape index (κ1) is 27.5. The van der Waals surface area contributed by atoms with Gasteiger partial charge in [-0.05, 0) is 18.3 Å². The summed E-state index contributed by atoms with van der Waals surface area (Å²) in [4.78, 5) is 12.4. The highest BCUT2D eigenvalue weighted by Crippen LogP contribution is 2.37. The third-order valence-corrected chi connectivity index (χ3v) is 6.45. The number of carbonyl (C=O) groups is 1. The lowest BCUT2D eigenvalue weighted by Crippen LogP contribution is -2.32. The summed E-state index contributed by atoms with van der Waals surface area (Å²) >= 11 is 0. The Balaban J connectivity index is 4.07. The Bertz CT molecular complexity index is 348. The fourth-order valence-electron chi connectivity index (χ4n) is 4.34. The van der Waals surface area contributed by atoms with E-state index in [0.717, 1.165) is 19.3 Å². The first-order chi connectivity index (χ1) is 13.5. The molecule has 0 aromatic rings. The Morgan fingerprint density at radius 1 is 0.679 bits per heavy atom. The largest absolute Gasteiger partial charge is 0.469 e. The second kappa shape index (κ2) is 18.5. The van der Waals surface area contributed by atoms with Gasteiger partial charge in [-0.15, -0.1) is 0 Å². The van der Waals surface area contributed by atoms with Crippen LogP contribution in [0.2, 0.25) is 0 Å². The second-order valence-corrected chi connectivity index (χ2v) is 9.55. The predicted molar refractivity (Wildman–Crippen MR) is 124 cm³/mol. The van der Waals surface area contributed by atoms with E-state index in [1.165, 1.54) is 96.3 Å². The lowest BCUT2D eigenvalue weighted by Gasteiger charge is -2.32. The zero-order valence-electron chi connectivity index (χ0n) is 20.1. The van der Waals surface area contributed by atoms with Crippen molar-refractivity contribution >= 4 is 5.97 Å². The van der Waals surface area contributed by atoms with Crippen LogP contribution in [0, 0.1) is 11.3 Å². The van der Waals surface area contributed by atoms with Crippen LogP contribution >= 0.6 is 0 Å². The van der Waals surface area contributed by atoms with Gasteiger partial charge < -0.3 is 4.74 Å². The molecule has 2 nitrogen and oxygen atoms in total. The number of rotatable bonds is 20. The van der Waals surface area contributed by atoms with Crippen LogP contribution in [0.5, 0.6) is 0 Å². The topological polar surface area (TPSA) is 26.3 Å². The SMILES string of the molecule is CCCCCCCCCCC(C(=O)OC)C(C)(C)CCCCCCCCCC. The molecule has 1 unspecified atom stereocenters. The van der Waals surface area contributed by atoms with E-state index in [2.05, 4.69) is 27.7 Å². The van der Waals surface area contributed by atoms with Gasteiger partial charge in [-0.1, -0.05) is 130 Å². The average molecular weight is 397 g/mol. The fourth-order valence-corrected chi connectivity index (χ4v) is 4.34. The molecule has 0 spiro atoms. The van der Waals surface area contributed by atoms with Gasteiger partial charge in [0.1, 0.15) is 0 Å². The van der Waals surface area contributed by atoms with Crippen molar-refractivity contribution in [3.8, 4) is 0 Å². The smallest absolute Gasteiger partial charge is 0.309 e. The van der Waals surface area contributed by atoms with Crippen LogP contribution in [-0.4, -0.2) is 13.1 Å². The standard InChI is InChI=1S/C26H52O2/c1-6-8-10-12-14-16-18-20-22-24(25(27)28-5)26(3,4)23-21-19-17-15-13-11-9-7-2/h24H,6-23H2,1-5H3. The third kappa shape index (κ3) is 14.5. The minimum atomic E-state index is 0.00696. The molecule has 0 amide bonds. The maximum Gasteiger partial charge on any atom is 0.309 e. The summed E-state index contributed by atoms with van der Waals surface area (Å²) in [6.45, 7) is 9.09. The summed E-state index contributed by atoms with van der Waals surface area (Å²) in [5.74, 6) is 0.0645. The summed E-state index contributed by atoms with van der Waals surface area (Å²) in [5, 5.41) is 0. The molecule has 0 N–H and O–H groups in total. The number of hydrogen-bond acceptors (Lipinski definition) is 2. The number of hydrogen-bond donors (Lipinski definition) is 0. The predicted octanol–water partition coefficient (Wildman–Crippen LogP) is 8.86. The van der Waals surface area contributed by atoms with Gasteiger partial charge in [0.2, 0.25) is 0 Å². The van der Waals surface area contributed by atoms with Gasteiger partial charge in [0.25, 0.3) is 0 Å². The van der Waals surface area contributed by atoms with Crippen LogP contribution in [0.25, 0.3) is 0 Å². The van der Waals surface area contributed by atoms with E-state index in [1.54, 1.807) is 7.11 Å². The van der Waals surface area contributed by atoms with Crippen LogP contribution < -0.4 is 0 Å². The van der Waals surface area contributed by atoms with Crippen LogP contribution in [-0.2, 0) is 9.53 Å². The Morgan fingerprint density at radius 3 is 1.50 bits per heavy atom. The van der Waals surface area contributed by atoms with Crippen LogP contribution in [0.15, 0.2) is 0 Å². The zero-order valence-corrected chi connectivity index (χ0v) is 20.1. The molecule has 1 atom stereocenters. The highest BCUT2D eigenvalue weighted by Gasteiger charge is 2.34. The molecule has 168 valence electrons. The van der Waals surface area contributed by atoms with E-state index in [4.69, 9.17) is 4.74 Å².